The molecule has 2 aromatic rings. The number of aromatic nitrogens is 1. The average molecular weight is 256 g/mol. The highest BCUT2D eigenvalue weighted by molar-refractivity contribution is 5.30. The van der Waals surface area contributed by atoms with Crippen LogP contribution >= 0.6 is 0 Å². The van der Waals surface area contributed by atoms with Crippen molar-refractivity contribution in [2.24, 2.45) is 0 Å². The van der Waals surface area contributed by atoms with E-state index in [9.17, 15) is 0 Å². The lowest BCUT2D eigenvalue weighted by Crippen LogP contribution is -2.14. The zero-order valence-corrected chi connectivity index (χ0v) is 11.5. The van der Waals surface area contributed by atoms with Gasteiger partial charge in [0.05, 0.1) is 0 Å². The molecule has 0 amide bonds. The minimum atomic E-state index is 0.652. The number of hydrogen-bond acceptors (Lipinski definition) is 3. The molecule has 0 aliphatic rings. The minimum absolute atomic E-state index is 0.652. The van der Waals surface area contributed by atoms with Gasteiger partial charge in [-0.05, 0) is 43.7 Å². The Labute approximate surface area is 114 Å². The van der Waals surface area contributed by atoms with Gasteiger partial charge in [-0.15, -0.1) is 0 Å². The van der Waals surface area contributed by atoms with E-state index in [4.69, 9.17) is 4.74 Å². The first-order valence-electron chi connectivity index (χ1n) is 6.69. The molecule has 0 aliphatic heterocycles. The number of para-hydroxylation sites is 1. The van der Waals surface area contributed by atoms with E-state index >= 15 is 0 Å². The molecule has 1 aromatic carbocycles. The summed E-state index contributed by atoms with van der Waals surface area (Å²) in [5, 5.41) is 3.39. The molecule has 0 radical (unpaired) electrons. The average Bonchev–Trinajstić information content (AvgIpc) is 2.39. The zero-order valence-electron chi connectivity index (χ0n) is 11.5. The Bertz CT molecular complexity index is 511. The molecule has 0 spiro atoms. The summed E-state index contributed by atoms with van der Waals surface area (Å²) in [6.07, 6.45) is 1.14. The molecule has 1 aromatic heterocycles. The van der Waals surface area contributed by atoms with Gasteiger partial charge in [0.25, 0.3) is 0 Å². The van der Waals surface area contributed by atoms with E-state index in [0.717, 1.165) is 31.0 Å². The number of benzene rings is 1. The fourth-order valence-electron chi connectivity index (χ4n) is 1.88. The van der Waals surface area contributed by atoms with E-state index in [-0.39, 0.29) is 0 Å². The molecule has 1 N–H and O–H groups in total. The van der Waals surface area contributed by atoms with Crippen molar-refractivity contribution < 1.29 is 4.74 Å². The van der Waals surface area contributed by atoms with Gasteiger partial charge in [-0.1, -0.05) is 25.1 Å². The Morgan fingerprint density at radius 1 is 1.16 bits per heavy atom. The van der Waals surface area contributed by atoms with Crippen LogP contribution in [0.3, 0.4) is 0 Å². The third kappa shape index (κ3) is 4.38. The zero-order chi connectivity index (χ0) is 13.5. The highest BCUT2D eigenvalue weighted by atomic mass is 16.5. The molecule has 0 unspecified atom stereocenters. The molecule has 0 atom stereocenters. The molecule has 100 valence electrons. The second-order valence-corrected chi connectivity index (χ2v) is 4.55. The summed E-state index contributed by atoms with van der Waals surface area (Å²) in [6, 6.07) is 13.8. The Morgan fingerprint density at radius 2 is 1.95 bits per heavy atom. The Kier molecular flexibility index (Phi) is 4.93. The van der Waals surface area contributed by atoms with E-state index in [1.54, 1.807) is 0 Å². The van der Waals surface area contributed by atoms with Crippen LogP contribution in [0.1, 0.15) is 24.6 Å². The normalized spacial score (nSPS) is 10.4. The second kappa shape index (κ2) is 6.90. The summed E-state index contributed by atoms with van der Waals surface area (Å²) < 4.78 is 5.77. The third-order valence-electron chi connectivity index (χ3n) is 2.71. The van der Waals surface area contributed by atoms with Crippen LogP contribution in [0.25, 0.3) is 0 Å². The number of pyridine rings is 1. The van der Waals surface area contributed by atoms with Crippen molar-refractivity contribution in [3.63, 3.8) is 0 Å². The predicted molar refractivity (Wildman–Crippen MR) is 77.5 cm³/mol. The van der Waals surface area contributed by atoms with Crippen molar-refractivity contribution in [1.29, 1.82) is 0 Å². The van der Waals surface area contributed by atoms with Crippen molar-refractivity contribution in [1.82, 2.24) is 10.3 Å². The molecule has 19 heavy (non-hydrogen) atoms. The minimum Gasteiger partial charge on any atom is -0.439 e. The van der Waals surface area contributed by atoms with Crippen LogP contribution in [-0.4, -0.2) is 11.5 Å². The molecule has 3 heteroatoms. The highest BCUT2D eigenvalue weighted by Crippen LogP contribution is 2.20. The van der Waals surface area contributed by atoms with Crippen molar-refractivity contribution in [3.8, 4) is 11.6 Å². The van der Waals surface area contributed by atoms with Gasteiger partial charge in [-0.3, -0.25) is 0 Å². The van der Waals surface area contributed by atoms with Crippen LogP contribution < -0.4 is 10.1 Å². The number of rotatable bonds is 6. The predicted octanol–water partition coefficient (Wildman–Crippen LogP) is 3.68. The van der Waals surface area contributed by atoms with Crippen LogP contribution in [0.4, 0.5) is 0 Å². The fraction of sp³-hybridized carbons (Fsp3) is 0.312. The molecule has 0 aliphatic carbocycles. The Balaban J connectivity index is 2.08. The first kappa shape index (κ1) is 13.6. The molecule has 0 fully saturated rings. The van der Waals surface area contributed by atoms with Gasteiger partial charge in [0.15, 0.2) is 0 Å². The number of ether oxygens (including phenoxy) is 1. The van der Waals surface area contributed by atoms with Gasteiger partial charge in [-0.2, -0.15) is 0 Å². The fourth-order valence-corrected chi connectivity index (χ4v) is 1.88. The molecule has 1 heterocycles. The van der Waals surface area contributed by atoms with E-state index < -0.39 is 0 Å². The molecule has 2 rings (SSSR count). The lowest BCUT2D eigenvalue weighted by Gasteiger charge is -2.09. The summed E-state index contributed by atoms with van der Waals surface area (Å²) in [5.74, 6) is 1.47. The molecular formula is C16H20N2O. The molecular weight excluding hydrogens is 236 g/mol. The van der Waals surface area contributed by atoms with Crippen molar-refractivity contribution in [3.05, 3.63) is 53.7 Å². The van der Waals surface area contributed by atoms with Gasteiger partial charge in [-0.25, -0.2) is 4.98 Å². The molecule has 0 saturated heterocycles. The van der Waals surface area contributed by atoms with Crippen LogP contribution in [-0.2, 0) is 6.54 Å². The van der Waals surface area contributed by atoms with Gasteiger partial charge in [0.1, 0.15) is 5.75 Å². The monoisotopic (exact) mass is 256 g/mol. The van der Waals surface area contributed by atoms with E-state index in [0.29, 0.717) is 5.88 Å². The van der Waals surface area contributed by atoms with Crippen LogP contribution in [0, 0.1) is 6.92 Å². The highest BCUT2D eigenvalue weighted by Gasteiger charge is 2.02. The maximum absolute atomic E-state index is 5.77. The lowest BCUT2D eigenvalue weighted by atomic mass is 10.2. The van der Waals surface area contributed by atoms with Gasteiger partial charge >= 0.3 is 0 Å². The standard InChI is InChI=1S/C16H20N2O/c1-3-9-17-12-14-10-13(2)18-16(11-14)19-15-7-5-4-6-8-15/h4-8,10-11,17H,3,9,12H2,1-2H3. The molecule has 0 saturated carbocycles. The number of nitrogens with one attached hydrogen (secondary N) is 1. The second-order valence-electron chi connectivity index (χ2n) is 4.55. The Morgan fingerprint density at radius 3 is 2.68 bits per heavy atom. The van der Waals surface area contributed by atoms with E-state index in [1.165, 1.54) is 5.56 Å². The van der Waals surface area contributed by atoms with Crippen LogP contribution in [0.2, 0.25) is 0 Å². The van der Waals surface area contributed by atoms with Crippen molar-refractivity contribution in [2.75, 3.05) is 6.54 Å². The SMILES string of the molecule is CCCNCc1cc(C)nc(Oc2ccccc2)c1. The summed E-state index contributed by atoms with van der Waals surface area (Å²) in [6.45, 7) is 6.02. The van der Waals surface area contributed by atoms with Crippen molar-refractivity contribution >= 4 is 0 Å². The van der Waals surface area contributed by atoms with Gasteiger partial charge in [0, 0.05) is 18.3 Å². The summed E-state index contributed by atoms with van der Waals surface area (Å²) in [7, 11) is 0. The van der Waals surface area contributed by atoms with Crippen LogP contribution in [0.5, 0.6) is 11.6 Å². The van der Waals surface area contributed by atoms with E-state index in [2.05, 4.69) is 23.3 Å². The summed E-state index contributed by atoms with van der Waals surface area (Å²) in [4.78, 5) is 4.41. The maximum Gasteiger partial charge on any atom is 0.219 e. The van der Waals surface area contributed by atoms with Crippen LogP contribution in [0.15, 0.2) is 42.5 Å². The summed E-state index contributed by atoms with van der Waals surface area (Å²) >= 11 is 0. The van der Waals surface area contributed by atoms with Gasteiger partial charge < -0.3 is 10.1 Å². The summed E-state index contributed by atoms with van der Waals surface area (Å²) in [5.41, 5.74) is 2.17. The first-order valence-corrected chi connectivity index (χ1v) is 6.69. The largest absolute Gasteiger partial charge is 0.439 e. The van der Waals surface area contributed by atoms with Gasteiger partial charge in [0.2, 0.25) is 5.88 Å². The van der Waals surface area contributed by atoms with E-state index in [1.807, 2.05) is 43.3 Å². The first-order chi connectivity index (χ1) is 9.28. The quantitative estimate of drug-likeness (QED) is 0.800. The smallest absolute Gasteiger partial charge is 0.219 e. The Hall–Kier alpha value is -1.87. The lowest BCUT2D eigenvalue weighted by molar-refractivity contribution is 0.460. The third-order valence-corrected chi connectivity index (χ3v) is 2.71. The number of hydrogen-bond donors (Lipinski definition) is 1. The number of nitrogens with zero attached hydrogens (tertiary/aromatic N) is 1. The topological polar surface area (TPSA) is 34.2 Å². The molecule has 3 nitrogen and oxygen atoms in total. The molecule has 0 bridgehead atoms. The maximum atomic E-state index is 5.77. The number of aryl methyl sites for hydroxylation is 1. The van der Waals surface area contributed by atoms with Crippen molar-refractivity contribution in [2.45, 2.75) is 26.8 Å².